The van der Waals surface area contributed by atoms with Crippen molar-refractivity contribution in [2.45, 2.75) is 4.90 Å². The molecule has 5 rings (SSSR count). The van der Waals surface area contributed by atoms with Crippen molar-refractivity contribution in [3.63, 3.8) is 0 Å². The number of para-hydroxylation sites is 1. The van der Waals surface area contributed by atoms with Crippen molar-refractivity contribution in [1.82, 2.24) is 4.98 Å². The topological polar surface area (TPSA) is 32.9 Å². The molecule has 3 aromatic carbocycles. The highest BCUT2D eigenvalue weighted by Crippen LogP contribution is 2.42. The van der Waals surface area contributed by atoms with Crippen LogP contribution in [0.5, 0.6) is 0 Å². The van der Waals surface area contributed by atoms with E-state index in [9.17, 15) is 9.18 Å². The molecule has 1 aliphatic rings. The Bertz CT molecular complexity index is 1220. The van der Waals surface area contributed by atoms with Crippen LogP contribution in [0.15, 0.2) is 82.6 Å². The van der Waals surface area contributed by atoms with Crippen LogP contribution < -0.4 is 0 Å². The molecule has 2 nitrogen and oxygen atoms in total. The zero-order chi connectivity index (χ0) is 18.4. The molecule has 0 saturated heterocycles. The summed E-state index contributed by atoms with van der Waals surface area (Å²) in [6.07, 6.45) is 1.95. The lowest BCUT2D eigenvalue weighted by Gasteiger charge is -2.03. The van der Waals surface area contributed by atoms with Crippen LogP contribution in [0.4, 0.5) is 4.39 Å². The molecule has 4 heteroatoms. The van der Waals surface area contributed by atoms with Crippen molar-refractivity contribution in [1.29, 1.82) is 0 Å². The van der Waals surface area contributed by atoms with E-state index in [0.717, 1.165) is 38.2 Å². The number of rotatable bonds is 2. The number of fused-ring (bicyclic) bond motifs is 2. The monoisotopic (exact) mass is 371 g/mol. The Kier molecular flexibility index (Phi) is 3.73. The zero-order valence-electron chi connectivity index (χ0n) is 14.2. The number of benzene rings is 3. The third-order valence-electron chi connectivity index (χ3n) is 4.73. The molecule has 0 amide bonds. The number of hydrogen-bond donors (Lipinski definition) is 1. The smallest absolute Gasteiger partial charge is 0.200 e. The van der Waals surface area contributed by atoms with Gasteiger partial charge >= 0.3 is 0 Å². The molecular formula is C23H14FNOS. The first-order valence-electron chi connectivity index (χ1n) is 8.60. The molecule has 1 aliphatic heterocycles. The molecule has 1 aromatic heterocycles. The number of allylic oxidation sites excluding steroid dienone is 1. The molecule has 0 aliphatic carbocycles. The third-order valence-corrected chi connectivity index (χ3v) is 5.83. The van der Waals surface area contributed by atoms with Gasteiger partial charge in [-0.2, -0.15) is 0 Å². The molecule has 1 N–H and O–H groups in total. The van der Waals surface area contributed by atoms with Crippen molar-refractivity contribution < 1.29 is 9.18 Å². The number of ketones is 1. The van der Waals surface area contributed by atoms with Crippen LogP contribution >= 0.6 is 11.8 Å². The standard InChI is InChI=1S/C23H14FNOS/c24-15-11-9-14(10-12-15)22-18(16-5-1-3-7-19(16)25-22)13-21-23(26)17-6-2-4-8-20(17)27-21/h1-13,25H. The molecule has 27 heavy (non-hydrogen) atoms. The summed E-state index contributed by atoms with van der Waals surface area (Å²) in [6.45, 7) is 0. The Morgan fingerprint density at radius 2 is 1.63 bits per heavy atom. The molecule has 0 radical (unpaired) electrons. The third kappa shape index (κ3) is 2.69. The highest BCUT2D eigenvalue weighted by molar-refractivity contribution is 8.04. The van der Waals surface area contributed by atoms with E-state index in [0.29, 0.717) is 4.91 Å². The maximum Gasteiger partial charge on any atom is 0.200 e. The van der Waals surface area contributed by atoms with Crippen LogP contribution in [-0.4, -0.2) is 10.8 Å². The Morgan fingerprint density at radius 1 is 0.889 bits per heavy atom. The van der Waals surface area contributed by atoms with Gasteiger partial charge in [-0.05, 0) is 54.1 Å². The van der Waals surface area contributed by atoms with E-state index < -0.39 is 0 Å². The van der Waals surface area contributed by atoms with E-state index in [1.807, 2.05) is 54.6 Å². The fourth-order valence-electron chi connectivity index (χ4n) is 3.42. The van der Waals surface area contributed by atoms with Crippen LogP contribution in [-0.2, 0) is 0 Å². The van der Waals surface area contributed by atoms with Crippen molar-refractivity contribution >= 4 is 34.5 Å². The van der Waals surface area contributed by atoms with Crippen molar-refractivity contribution in [3.8, 4) is 11.3 Å². The number of H-pyrrole nitrogens is 1. The van der Waals surface area contributed by atoms with Crippen LogP contribution in [0, 0.1) is 5.82 Å². The molecule has 0 spiro atoms. The first kappa shape index (κ1) is 16.1. The Labute approximate surface area is 159 Å². The van der Waals surface area contributed by atoms with Gasteiger partial charge in [0.05, 0.1) is 10.6 Å². The minimum absolute atomic E-state index is 0.0472. The van der Waals surface area contributed by atoms with Gasteiger partial charge in [-0.3, -0.25) is 4.79 Å². The van der Waals surface area contributed by atoms with Gasteiger partial charge in [0.15, 0.2) is 0 Å². The van der Waals surface area contributed by atoms with E-state index in [1.165, 1.54) is 23.9 Å². The highest BCUT2D eigenvalue weighted by atomic mass is 32.2. The average Bonchev–Trinajstić information content (AvgIpc) is 3.22. The summed E-state index contributed by atoms with van der Waals surface area (Å²) in [5.41, 5.74) is 4.44. The lowest BCUT2D eigenvalue weighted by atomic mass is 10.0. The molecule has 0 saturated carbocycles. The largest absolute Gasteiger partial charge is 0.354 e. The van der Waals surface area contributed by atoms with Gasteiger partial charge in [0.2, 0.25) is 5.78 Å². The van der Waals surface area contributed by atoms with E-state index >= 15 is 0 Å². The fraction of sp³-hybridized carbons (Fsp3) is 0. The van der Waals surface area contributed by atoms with Gasteiger partial charge in [0, 0.05) is 26.9 Å². The fourth-order valence-corrected chi connectivity index (χ4v) is 4.46. The highest BCUT2D eigenvalue weighted by Gasteiger charge is 2.26. The Hall–Kier alpha value is -3.11. The number of Topliss-reactive ketones (excluding diaryl/α,β-unsaturated/α-hetero) is 1. The van der Waals surface area contributed by atoms with Crippen LogP contribution in [0.1, 0.15) is 15.9 Å². The van der Waals surface area contributed by atoms with Crippen LogP contribution in [0.2, 0.25) is 0 Å². The normalized spacial score (nSPS) is 14.9. The van der Waals surface area contributed by atoms with E-state index in [4.69, 9.17) is 0 Å². The molecule has 0 unspecified atom stereocenters. The minimum Gasteiger partial charge on any atom is -0.354 e. The number of nitrogens with one attached hydrogen (secondary N) is 1. The second kappa shape index (κ2) is 6.25. The van der Waals surface area contributed by atoms with Crippen molar-refractivity contribution in [2.24, 2.45) is 0 Å². The Balaban J connectivity index is 1.70. The second-order valence-corrected chi connectivity index (χ2v) is 7.49. The maximum absolute atomic E-state index is 13.4. The average molecular weight is 371 g/mol. The van der Waals surface area contributed by atoms with Gasteiger partial charge in [0.1, 0.15) is 5.82 Å². The van der Waals surface area contributed by atoms with Crippen LogP contribution in [0.25, 0.3) is 28.2 Å². The summed E-state index contributed by atoms with van der Waals surface area (Å²) < 4.78 is 13.4. The molecular weight excluding hydrogens is 357 g/mol. The zero-order valence-corrected chi connectivity index (χ0v) is 15.0. The number of carbonyl (C=O) groups is 1. The summed E-state index contributed by atoms with van der Waals surface area (Å²) >= 11 is 1.50. The lowest BCUT2D eigenvalue weighted by molar-refractivity contribution is 0.104. The minimum atomic E-state index is -0.272. The number of thioether (sulfide) groups is 1. The van der Waals surface area contributed by atoms with Gasteiger partial charge in [-0.25, -0.2) is 4.39 Å². The summed E-state index contributed by atoms with van der Waals surface area (Å²) in [5.74, 6) is -0.224. The first-order valence-corrected chi connectivity index (χ1v) is 9.42. The molecule has 4 aromatic rings. The Morgan fingerprint density at radius 3 is 2.44 bits per heavy atom. The van der Waals surface area contributed by atoms with Crippen molar-refractivity contribution in [2.75, 3.05) is 0 Å². The number of hydrogen-bond acceptors (Lipinski definition) is 2. The maximum atomic E-state index is 13.4. The predicted molar refractivity (Wildman–Crippen MR) is 108 cm³/mol. The second-order valence-electron chi connectivity index (χ2n) is 6.40. The molecule has 2 heterocycles. The van der Waals surface area contributed by atoms with Gasteiger partial charge in [-0.15, -0.1) is 0 Å². The molecule has 0 atom stereocenters. The summed E-state index contributed by atoms with van der Waals surface area (Å²) in [7, 11) is 0. The quantitative estimate of drug-likeness (QED) is 0.419. The van der Waals surface area contributed by atoms with E-state index in [2.05, 4.69) is 4.98 Å². The number of carbonyl (C=O) groups excluding carboxylic acids is 1. The first-order chi connectivity index (χ1) is 13.2. The molecule has 0 bridgehead atoms. The summed E-state index contributed by atoms with van der Waals surface area (Å²) in [6, 6.07) is 22.0. The lowest BCUT2D eigenvalue weighted by Crippen LogP contribution is -1.93. The number of aromatic amines is 1. The molecule has 0 fully saturated rings. The number of halogens is 1. The molecule has 130 valence electrons. The van der Waals surface area contributed by atoms with Gasteiger partial charge in [0.25, 0.3) is 0 Å². The number of aromatic nitrogens is 1. The SMILES string of the molecule is O=C1C(=Cc2c(-c3ccc(F)cc3)[nH]c3ccccc23)Sc2ccccc21. The van der Waals surface area contributed by atoms with Crippen LogP contribution in [0.3, 0.4) is 0 Å². The van der Waals surface area contributed by atoms with Gasteiger partial charge in [-0.1, -0.05) is 42.1 Å². The predicted octanol–water partition coefficient (Wildman–Crippen LogP) is 6.30. The summed E-state index contributed by atoms with van der Waals surface area (Å²) in [4.78, 5) is 17.9. The van der Waals surface area contributed by atoms with Gasteiger partial charge < -0.3 is 4.98 Å². The summed E-state index contributed by atoms with van der Waals surface area (Å²) in [5, 5.41) is 1.04. The van der Waals surface area contributed by atoms with E-state index in [-0.39, 0.29) is 11.6 Å². The van der Waals surface area contributed by atoms with Crippen molar-refractivity contribution in [3.05, 3.63) is 94.6 Å². The van der Waals surface area contributed by atoms with E-state index in [1.54, 1.807) is 12.1 Å².